The first-order valence-corrected chi connectivity index (χ1v) is 6.01. The van der Waals surface area contributed by atoms with Crippen LogP contribution in [-0.4, -0.2) is 46.1 Å². The summed E-state index contributed by atoms with van der Waals surface area (Å²) < 4.78 is 0. The lowest BCUT2D eigenvalue weighted by Gasteiger charge is -2.18. The molecule has 4 heterocycles. The Balaban J connectivity index is 1.73. The highest BCUT2D eigenvalue weighted by Gasteiger charge is 2.37. The summed E-state index contributed by atoms with van der Waals surface area (Å²) in [4.78, 5) is 18.2. The maximum Gasteiger partial charge on any atom is 0.182 e. The van der Waals surface area contributed by atoms with Crippen molar-refractivity contribution in [3.05, 3.63) is 12.7 Å². The number of nitrogens with zero attached hydrogens (tertiary/aromatic N) is 4. The maximum atomic E-state index is 4.41. The van der Waals surface area contributed by atoms with E-state index in [-0.39, 0.29) is 0 Å². The summed E-state index contributed by atoms with van der Waals surface area (Å²) in [5.41, 5.74) is 1.71. The van der Waals surface area contributed by atoms with Gasteiger partial charge in [-0.05, 0) is 11.8 Å². The third-order valence-corrected chi connectivity index (χ3v) is 3.89. The fourth-order valence-corrected chi connectivity index (χ4v) is 3.02. The third kappa shape index (κ3) is 1.33. The second-order valence-corrected chi connectivity index (χ2v) is 4.88. The van der Waals surface area contributed by atoms with Gasteiger partial charge in [0.2, 0.25) is 0 Å². The Labute approximate surface area is 98.5 Å². The second kappa shape index (κ2) is 3.40. The van der Waals surface area contributed by atoms with Crippen molar-refractivity contribution < 1.29 is 0 Å². The highest BCUT2D eigenvalue weighted by atomic mass is 15.2. The van der Waals surface area contributed by atoms with Gasteiger partial charge in [-0.15, -0.1) is 0 Å². The number of aromatic amines is 1. The smallest absolute Gasteiger partial charge is 0.182 e. The van der Waals surface area contributed by atoms with Crippen molar-refractivity contribution in [1.82, 2.24) is 25.3 Å². The lowest BCUT2D eigenvalue weighted by molar-refractivity contribution is 0.533. The van der Waals surface area contributed by atoms with E-state index in [9.17, 15) is 0 Å². The van der Waals surface area contributed by atoms with E-state index in [0.29, 0.717) is 0 Å². The summed E-state index contributed by atoms with van der Waals surface area (Å²) in [5.74, 6) is 2.53. The van der Waals surface area contributed by atoms with Crippen LogP contribution in [0.15, 0.2) is 12.7 Å². The molecule has 0 radical (unpaired) electrons. The van der Waals surface area contributed by atoms with E-state index in [0.717, 1.165) is 55.0 Å². The summed E-state index contributed by atoms with van der Waals surface area (Å²) in [6, 6.07) is 0. The zero-order chi connectivity index (χ0) is 11.2. The Morgan fingerprint density at radius 2 is 1.94 bits per heavy atom. The first-order valence-electron chi connectivity index (χ1n) is 6.01. The number of anilines is 1. The molecule has 2 aliphatic heterocycles. The van der Waals surface area contributed by atoms with Gasteiger partial charge in [0.15, 0.2) is 11.5 Å². The summed E-state index contributed by atoms with van der Waals surface area (Å²) in [7, 11) is 0. The molecule has 6 nitrogen and oxygen atoms in total. The molecular weight excluding hydrogens is 216 g/mol. The van der Waals surface area contributed by atoms with Crippen molar-refractivity contribution in [2.75, 3.05) is 31.1 Å². The van der Waals surface area contributed by atoms with E-state index in [4.69, 9.17) is 0 Å². The average molecular weight is 230 g/mol. The van der Waals surface area contributed by atoms with Crippen LogP contribution in [0.3, 0.4) is 0 Å². The summed E-state index contributed by atoms with van der Waals surface area (Å²) in [6.45, 7) is 4.45. The molecular formula is C11H14N6. The Morgan fingerprint density at radius 1 is 1.12 bits per heavy atom. The van der Waals surface area contributed by atoms with Gasteiger partial charge in [-0.2, -0.15) is 0 Å². The zero-order valence-electron chi connectivity index (χ0n) is 9.43. The van der Waals surface area contributed by atoms with Crippen molar-refractivity contribution in [2.45, 2.75) is 0 Å². The molecule has 88 valence electrons. The summed E-state index contributed by atoms with van der Waals surface area (Å²) in [5, 5.41) is 3.45. The topological polar surface area (TPSA) is 69.7 Å². The number of hydrogen-bond donors (Lipinski definition) is 2. The zero-order valence-corrected chi connectivity index (χ0v) is 9.43. The van der Waals surface area contributed by atoms with E-state index in [1.807, 2.05) is 0 Å². The Morgan fingerprint density at radius 3 is 2.76 bits per heavy atom. The molecule has 0 aromatic carbocycles. The quantitative estimate of drug-likeness (QED) is 0.722. The van der Waals surface area contributed by atoms with Crippen LogP contribution >= 0.6 is 0 Å². The van der Waals surface area contributed by atoms with E-state index in [1.54, 1.807) is 12.7 Å². The van der Waals surface area contributed by atoms with Crippen LogP contribution < -0.4 is 10.2 Å². The number of aromatic nitrogens is 4. The van der Waals surface area contributed by atoms with Gasteiger partial charge in [0.25, 0.3) is 0 Å². The molecule has 2 atom stereocenters. The molecule has 4 rings (SSSR count). The summed E-state index contributed by atoms with van der Waals surface area (Å²) in [6.07, 6.45) is 3.28. The first kappa shape index (κ1) is 9.35. The van der Waals surface area contributed by atoms with Gasteiger partial charge in [0.05, 0.1) is 6.33 Å². The lowest BCUT2D eigenvalue weighted by atomic mass is 10.0. The number of fused-ring (bicyclic) bond motifs is 2. The molecule has 2 aromatic rings. The van der Waals surface area contributed by atoms with Crippen LogP contribution in [0.2, 0.25) is 0 Å². The molecule has 2 aliphatic rings. The van der Waals surface area contributed by atoms with E-state index in [1.165, 1.54) is 0 Å². The number of hydrogen-bond acceptors (Lipinski definition) is 5. The predicted molar refractivity (Wildman–Crippen MR) is 63.7 cm³/mol. The van der Waals surface area contributed by atoms with Crippen LogP contribution in [0, 0.1) is 11.8 Å². The predicted octanol–water partition coefficient (Wildman–Crippen LogP) is 0.00850. The van der Waals surface area contributed by atoms with Crippen LogP contribution in [0.25, 0.3) is 11.2 Å². The molecule has 2 N–H and O–H groups in total. The molecule has 0 unspecified atom stereocenters. The average Bonchev–Trinajstić information content (AvgIpc) is 3.02. The Bertz CT molecular complexity index is 538. The van der Waals surface area contributed by atoms with Gasteiger partial charge >= 0.3 is 0 Å². The number of imidazole rings is 1. The standard InChI is InChI=1S/C11H14N6/c1-7-3-17(4-8(7)2-12-1)11-9-10(14-5-13-9)15-6-16-11/h5-8,12H,1-4H2,(H,13,14,15,16)/t7-,8+. The summed E-state index contributed by atoms with van der Waals surface area (Å²) >= 11 is 0. The molecule has 0 amide bonds. The van der Waals surface area contributed by atoms with Crippen molar-refractivity contribution in [3.8, 4) is 0 Å². The van der Waals surface area contributed by atoms with Crippen LogP contribution in [0.1, 0.15) is 0 Å². The SMILES string of the molecule is c1nc(N2C[C@H]3CNC[C@H]3C2)c2[nH]cnc2n1. The maximum absolute atomic E-state index is 4.41. The van der Waals surface area contributed by atoms with Crippen LogP contribution in [0.5, 0.6) is 0 Å². The van der Waals surface area contributed by atoms with Gasteiger partial charge in [-0.1, -0.05) is 0 Å². The lowest BCUT2D eigenvalue weighted by Crippen LogP contribution is -2.26. The highest BCUT2D eigenvalue weighted by molar-refractivity contribution is 5.82. The molecule has 0 saturated carbocycles. The minimum atomic E-state index is 0.755. The number of rotatable bonds is 1. The minimum Gasteiger partial charge on any atom is -0.354 e. The van der Waals surface area contributed by atoms with Gasteiger partial charge in [-0.3, -0.25) is 0 Å². The molecule has 6 heteroatoms. The monoisotopic (exact) mass is 230 g/mol. The van der Waals surface area contributed by atoms with Gasteiger partial charge in [0.1, 0.15) is 11.8 Å². The fraction of sp³-hybridized carbons (Fsp3) is 0.545. The van der Waals surface area contributed by atoms with Crippen LogP contribution in [-0.2, 0) is 0 Å². The highest BCUT2D eigenvalue weighted by Crippen LogP contribution is 2.31. The largest absolute Gasteiger partial charge is 0.354 e. The molecule has 0 bridgehead atoms. The van der Waals surface area contributed by atoms with E-state index < -0.39 is 0 Å². The Kier molecular flexibility index (Phi) is 1.87. The van der Waals surface area contributed by atoms with Gasteiger partial charge < -0.3 is 15.2 Å². The minimum absolute atomic E-state index is 0.755. The normalized spacial score (nSPS) is 27.9. The fourth-order valence-electron chi connectivity index (χ4n) is 3.02. The Hall–Kier alpha value is -1.69. The van der Waals surface area contributed by atoms with E-state index >= 15 is 0 Å². The molecule has 2 aromatic heterocycles. The molecule has 2 fully saturated rings. The second-order valence-electron chi connectivity index (χ2n) is 4.88. The number of H-pyrrole nitrogens is 1. The third-order valence-electron chi connectivity index (χ3n) is 3.89. The molecule has 0 spiro atoms. The van der Waals surface area contributed by atoms with Gasteiger partial charge in [0, 0.05) is 26.2 Å². The van der Waals surface area contributed by atoms with E-state index in [2.05, 4.69) is 30.2 Å². The molecule has 0 aliphatic carbocycles. The van der Waals surface area contributed by atoms with Crippen molar-refractivity contribution >= 4 is 17.0 Å². The number of nitrogens with one attached hydrogen (secondary N) is 2. The molecule has 2 saturated heterocycles. The van der Waals surface area contributed by atoms with Gasteiger partial charge in [-0.25, -0.2) is 15.0 Å². The van der Waals surface area contributed by atoms with Crippen LogP contribution in [0.4, 0.5) is 5.82 Å². The van der Waals surface area contributed by atoms with Crippen molar-refractivity contribution in [2.24, 2.45) is 11.8 Å². The van der Waals surface area contributed by atoms with Crippen molar-refractivity contribution in [1.29, 1.82) is 0 Å². The van der Waals surface area contributed by atoms with Crippen molar-refractivity contribution in [3.63, 3.8) is 0 Å². The molecule has 17 heavy (non-hydrogen) atoms. The first-order chi connectivity index (χ1) is 8.42.